The van der Waals surface area contributed by atoms with Gasteiger partial charge in [0, 0.05) is 57.8 Å². The highest BCUT2D eigenvalue weighted by molar-refractivity contribution is 6.30. The average Bonchev–Trinajstić information content (AvgIpc) is 3.11. The summed E-state index contributed by atoms with van der Waals surface area (Å²) in [6.45, 7) is 1.94. The van der Waals surface area contributed by atoms with Crippen molar-refractivity contribution in [1.82, 2.24) is 14.5 Å². The second kappa shape index (κ2) is 8.71. The monoisotopic (exact) mass is 414 g/mol. The van der Waals surface area contributed by atoms with Crippen molar-refractivity contribution in [3.05, 3.63) is 77.7 Å². The summed E-state index contributed by atoms with van der Waals surface area (Å²) in [5.74, 6) is 0. The van der Waals surface area contributed by atoms with Gasteiger partial charge in [0.2, 0.25) is 0 Å². The minimum Gasteiger partial charge on any atom is -0.347 e. The highest BCUT2D eigenvalue weighted by Crippen LogP contribution is 2.33. The van der Waals surface area contributed by atoms with Gasteiger partial charge < -0.3 is 9.47 Å². The number of aromatic nitrogens is 2. The molecule has 0 aliphatic carbocycles. The molecule has 4 aromatic rings. The van der Waals surface area contributed by atoms with E-state index in [9.17, 15) is 5.26 Å². The number of rotatable bonds is 6. The van der Waals surface area contributed by atoms with Gasteiger partial charge in [0.25, 0.3) is 0 Å². The molecule has 2 aromatic heterocycles. The fourth-order valence-electron chi connectivity index (χ4n) is 3.75. The fraction of sp³-hybridized carbons (Fsp3) is 0.200. The molecule has 0 bridgehead atoms. The minimum absolute atomic E-state index is 0.661. The zero-order valence-corrected chi connectivity index (χ0v) is 17.9. The number of benzene rings is 2. The van der Waals surface area contributed by atoms with Crippen LogP contribution in [0.25, 0.3) is 33.2 Å². The van der Waals surface area contributed by atoms with E-state index in [4.69, 9.17) is 11.6 Å². The van der Waals surface area contributed by atoms with Gasteiger partial charge in [-0.1, -0.05) is 23.7 Å². The topological polar surface area (TPSA) is 44.9 Å². The van der Waals surface area contributed by atoms with Gasteiger partial charge in [0.15, 0.2) is 0 Å². The first-order valence-corrected chi connectivity index (χ1v) is 10.3. The van der Waals surface area contributed by atoms with Crippen molar-refractivity contribution in [2.24, 2.45) is 0 Å². The Labute approximate surface area is 182 Å². The van der Waals surface area contributed by atoms with E-state index in [1.807, 2.05) is 54.9 Å². The van der Waals surface area contributed by atoms with Gasteiger partial charge in [-0.2, -0.15) is 5.26 Å². The predicted molar refractivity (Wildman–Crippen MR) is 124 cm³/mol. The van der Waals surface area contributed by atoms with Crippen molar-refractivity contribution >= 4 is 22.5 Å². The van der Waals surface area contributed by atoms with Crippen molar-refractivity contribution < 1.29 is 0 Å². The number of aryl methyl sites for hydroxylation is 1. The van der Waals surface area contributed by atoms with Crippen molar-refractivity contribution in [2.75, 3.05) is 20.6 Å². The maximum atomic E-state index is 9.40. The highest BCUT2D eigenvalue weighted by Gasteiger charge is 2.13. The predicted octanol–water partition coefficient (Wildman–Crippen LogP) is 5.85. The van der Waals surface area contributed by atoms with Gasteiger partial charge in [-0.05, 0) is 69.0 Å². The van der Waals surface area contributed by atoms with Crippen LogP contribution in [0.15, 0.2) is 67.1 Å². The molecule has 5 heteroatoms. The number of nitriles is 1. The molecule has 2 heterocycles. The first-order chi connectivity index (χ1) is 14.5. The molecule has 0 atom stereocenters. The average molecular weight is 415 g/mol. The molecule has 0 radical (unpaired) electrons. The van der Waals surface area contributed by atoms with Crippen LogP contribution in [-0.2, 0) is 6.54 Å². The summed E-state index contributed by atoms with van der Waals surface area (Å²) < 4.78 is 2.28. The van der Waals surface area contributed by atoms with Crippen LogP contribution < -0.4 is 0 Å². The van der Waals surface area contributed by atoms with Gasteiger partial charge in [-0.3, -0.25) is 4.98 Å². The summed E-state index contributed by atoms with van der Waals surface area (Å²) in [6.07, 6.45) is 6.97. The molecule has 0 unspecified atom stereocenters. The number of halogens is 1. The SMILES string of the molecule is CN(C)CCCn1cc(-c2cncc(-c3cccc(Cl)c3)c2)c2cc(C#N)ccc21. The summed E-state index contributed by atoms with van der Waals surface area (Å²) >= 11 is 6.18. The van der Waals surface area contributed by atoms with E-state index in [-0.39, 0.29) is 0 Å². The first kappa shape index (κ1) is 20.2. The molecule has 0 amide bonds. The molecular formula is C25H23ClN4. The lowest BCUT2D eigenvalue weighted by molar-refractivity contribution is 0.388. The molecule has 4 nitrogen and oxygen atoms in total. The normalized spacial score (nSPS) is 11.2. The number of fused-ring (bicyclic) bond motifs is 1. The zero-order chi connectivity index (χ0) is 21.1. The fourth-order valence-corrected chi connectivity index (χ4v) is 3.94. The van der Waals surface area contributed by atoms with Crippen LogP contribution in [0.5, 0.6) is 0 Å². The summed E-state index contributed by atoms with van der Waals surface area (Å²) in [4.78, 5) is 6.68. The lowest BCUT2D eigenvalue weighted by Crippen LogP contribution is -2.14. The second-order valence-electron chi connectivity index (χ2n) is 7.71. The Morgan fingerprint density at radius 2 is 1.87 bits per heavy atom. The van der Waals surface area contributed by atoms with E-state index in [1.54, 1.807) is 0 Å². The van der Waals surface area contributed by atoms with E-state index in [2.05, 4.69) is 46.9 Å². The molecule has 30 heavy (non-hydrogen) atoms. The quantitative estimate of drug-likeness (QED) is 0.397. The summed E-state index contributed by atoms with van der Waals surface area (Å²) in [5.41, 5.74) is 5.95. The van der Waals surface area contributed by atoms with Crippen LogP contribution in [0, 0.1) is 11.3 Å². The molecule has 0 aliphatic heterocycles. The first-order valence-electron chi connectivity index (χ1n) is 9.94. The van der Waals surface area contributed by atoms with Crippen LogP contribution in [0.4, 0.5) is 0 Å². The third kappa shape index (κ3) is 4.23. The molecule has 0 spiro atoms. The Morgan fingerprint density at radius 1 is 1.03 bits per heavy atom. The van der Waals surface area contributed by atoms with E-state index in [1.165, 1.54) is 0 Å². The third-order valence-corrected chi connectivity index (χ3v) is 5.46. The molecule has 0 N–H and O–H groups in total. The van der Waals surface area contributed by atoms with Gasteiger partial charge in [0.1, 0.15) is 0 Å². The minimum atomic E-state index is 0.661. The molecule has 2 aromatic carbocycles. The Bertz CT molecular complexity index is 1230. The highest BCUT2D eigenvalue weighted by atomic mass is 35.5. The summed E-state index contributed by atoms with van der Waals surface area (Å²) in [5, 5.41) is 11.2. The van der Waals surface area contributed by atoms with Gasteiger partial charge >= 0.3 is 0 Å². The van der Waals surface area contributed by atoms with Crippen LogP contribution in [-0.4, -0.2) is 35.1 Å². The van der Waals surface area contributed by atoms with Crippen LogP contribution >= 0.6 is 11.6 Å². The third-order valence-electron chi connectivity index (χ3n) is 5.22. The van der Waals surface area contributed by atoms with E-state index >= 15 is 0 Å². The summed E-state index contributed by atoms with van der Waals surface area (Å²) in [7, 11) is 4.18. The molecule has 0 fully saturated rings. The van der Waals surface area contributed by atoms with E-state index in [0.717, 1.165) is 52.7 Å². The van der Waals surface area contributed by atoms with Crippen molar-refractivity contribution in [3.8, 4) is 28.3 Å². The molecule has 150 valence electrons. The maximum absolute atomic E-state index is 9.40. The smallest absolute Gasteiger partial charge is 0.0991 e. The van der Waals surface area contributed by atoms with E-state index in [0.29, 0.717) is 10.6 Å². The Balaban J connectivity index is 1.80. The Morgan fingerprint density at radius 3 is 2.63 bits per heavy atom. The second-order valence-corrected chi connectivity index (χ2v) is 8.15. The largest absolute Gasteiger partial charge is 0.347 e. The number of pyridine rings is 1. The van der Waals surface area contributed by atoms with Crippen molar-refractivity contribution in [2.45, 2.75) is 13.0 Å². The van der Waals surface area contributed by atoms with Gasteiger partial charge in [-0.15, -0.1) is 0 Å². The molecule has 4 rings (SSSR count). The van der Waals surface area contributed by atoms with E-state index < -0.39 is 0 Å². The van der Waals surface area contributed by atoms with Gasteiger partial charge in [-0.25, -0.2) is 0 Å². The van der Waals surface area contributed by atoms with Crippen LogP contribution in [0.1, 0.15) is 12.0 Å². The lowest BCUT2D eigenvalue weighted by atomic mass is 10.0. The molecule has 0 saturated carbocycles. The van der Waals surface area contributed by atoms with Gasteiger partial charge in [0.05, 0.1) is 11.6 Å². The number of hydrogen-bond donors (Lipinski definition) is 0. The lowest BCUT2D eigenvalue weighted by Gasteiger charge is -2.10. The number of nitrogens with zero attached hydrogens (tertiary/aromatic N) is 4. The van der Waals surface area contributed by atoms with Crippen LogP contribution in [0.2, 0.25) is 5.02 Å². The van der Waals surface area contributed by atoms with Crippen molar-refractivity contribution in [1.29, 1.82) is 5.26 Å². The number of hydrogen-bond acceptors (Lipinski definition) is 3. The standard InChI is InChI=1S/C25H23ClN4/c1-29(2)9-4-10-30-17-24(23-11-18(14-27)7-8-25(23)30)21-12-20(15-28-16-21)19-5-3-6-22(26)13-19/h3,5-8,11-13,15-17H,4,9-10H2,1-2H3. The summed E-state index contributed by atoms with van der Waals surface area (Å²) in [6, 6.07) is 18.1. The van der Waals surface area contributed by atoms with Crippen LogP contribution in [0.3, 0.4) is 0 Å². The molecular weight excluding hydrogens is 392 g/mol. The molecule has 0 saturated heterocycles. The zero-order valence-electron chi connectivity index (χ0n) is 17.1. The maximum Gasteiger partial charge on any atom is 0.0991 e. The molecule has 0 aliphatic rings. The Hall–Kier alpha value is -3.13. The van der Waals surface area contributed by atoms with Crippen molar-refractivity contribution in [3.63, 3.8) is 0 Å². The Kier molecular flexibility index (Phi) is 5.85.